The van der Waals surface area contributed by atoms with E-state index in [9.17, 15) is 9.59 Å². The Morgan fingerprint density at radius 2 is 2.11 bits per heavy atom. The standard InChI is InChI=1S/C14H17N3O2/c1-8-5-4-6-11-10(3)16-13(15)14(19)17(12(8)11)7-9(2)18/h4-6,13H,7,15H2,1-3H3. The largest absolute Gasteiger partial charge is 0.302 e. The molecule has 19 heavy (non-hydrogen) atoms. The molecule has 2 N–H and O–H groups in total. The van der Waals surface area contributed by atoms with Crippen LogP contribution in [0.15, 0.2) is 23.2 Å². The average Bonchev–Trinajstić information content (AvgIpc) is 2.41. The first-order valence-electron chi connectivity index (χ1n) is 6.12. The molecule has 5 nitrogen and oxygen atoms in total. The van der Waals surface area contributed by atoms with Crippen molar-refractivity contribution in [2.45, 2.75) is 26.9 Å². The molecule has 1 aliphatic heterocycles. The lowest BCUT2D eigenvalue weighted by Crippen LogP contribution is -2.44. The number of hydrogen-bond acceptors (Lipinski definition) is 4. The molecule has 1 aromatic rings. The van der Waals surface area contributed by atoms with Gasteiger partial charge in [0.15, 0.2) is 6.17 Å². The van der Waals surface area contributed by atoms with Crippen LogP contribution < -0.4 is 10.6 Å². The maximum Gasteiger partial charge on any atom is 0.266 e. The smallest absolute Gasteiger partial charge is 0.266 e. The third-order valence-electron chi connectivity index (χ3n) is 3.13. The monoisotopic (exact) mass is 259 g/mol. The van der Waals surface area contributed by atoms with Crippen molar-refractivity contribution >= 4 is 23.1 Å². The van der Waals surface area contributed by atoms with E-state index in [-0.39, 0.29) is 18.2 Å². The van der Waals surface area contributed by atoms with E-state index < -0.39 is 6.17 Å². The Hall–Kier alpha value is -2.01. The van der Waals surface area contributed by atoms with Gasteiger partial charge in [-0.15, -0.1) is 0 Å². The third-order valence-corrected chi connectivity index (χ3v) is 3.13. The number of para-hydroxylation sites is 1. The molecule has 2 rings (SSSR count). The number of rotatable bonds is 2. The summed E-state index contributed by atoms with van der Waals surface area (Å²) < 4.78 is 0. The Morgan fingerprint density at radius 1 is 1.42 bits per heavy atom. The first-order chi connectivity index (χ1) is 8.91. The number of amides is 1. The number of nitrogens with two attached hydrogens (primary N) is 1. The topological polar surface area (TPSA) is 75.8 Å². The Kier molecular flexibility index (Phi) is 3.48. The van der Waals surface area contributed by atoms with Gasteiger partial charge in [0.25, 0.3) is 5.91 Å². The first kappa shape index (κ1) is 13.4. The first-order valence-corrected chi connectivity index (χ1v) is 6.12. The Labute approximate surface area is 112 Å². The van der Waals surface area contributed by atoms with Gasteiger partial charge in [0.2, 0.25) is 0 Å². The molecular formula is C14H17N3O2. The number of Topliss-reactive ketones (excluding diaryl/α,β-unsaturated/α-hetero) is 1. The van der Waals surface area contributed by atoms with Crippen LogP contribution in [0.25, 0.3) is 0 Å². The second-order valence-electron chi connectivity index (χ2n) is 4.76. The molecule has 0 aliphatic carbocycles. The number of nitrogens with zero attached hydrogens (tertiary/aromatic N) is 2. The van der Waals surface area contributed by atoms with Gasteiger partial charge in [-0.25, -0.2) is 0 Å². The molecule has 100 valence electrons. The van der Waals surface area contributed by atoms with Crippen molar-refractivity contribution in [2.75, 3.05) is 11.4 Å². The van der Waals surface area contributed by atoms with E-state index in [1.807, 2.05) is 32.0 Å². The maximum atomic E-state index is 12.3. The summed E-state index contributed by atoms with van der Waals surface area (Å²) in [7, 11) is 0. The van der Waals surface area contributed by atoms with Crippen LogP contribution in [0.1, 0.15) is 25.0 Å². The molecule has 5 heteroatoms. The van der Waals surface area contributed by atoms with Crippen molar-refractivity contribution in [3.8, 4) is 0 Å². The minimum Gasteiger partial charge on any atom is -0.302 e. The van der Waals surface area contributed by atoms with Crippen LogP contribution >= 0.6 is 0 Å². The van der Waals surface area contributed by atoms with Crippen molar-refractivity contribution in [1.82, 2.24) is 0 Å². The van der Waals surface area contributed by atoms with Crippen molar-refractivity contribution in [3.63, 3.8) is 0 Å². The summed E-state index contributed by atoms with van der Waals surface area (Å²) in [6.07, 6.45) is -0.953. The number of aryl methyl sites for hydroxylation is 1. The number of benzene rings is 1. The number of fused-ring (bicyclic) bond motifs is 1. The fraction of sp³-hybridized carbons (Fsp3) is 0.357. The van der Waals surface area contributed by atoms with Crippen LogP contribution in [-0.2, 0) is 9.59 Å². The minimum atomic E-state index is -0.953. The predicted octanol–water partition coefficient (Wildman–Crippen LogP) is 1.02. The van der Waals surface area contributed by atoms with Crippen LogP contribution in [0, 0.1) is 6.92 Å². The third kappa shape index (κ3) is 2.42. The number of carbonyl (C=O) groups is 2. The second-order valence-corrected chi connectivity index (χ2v) is 4.76. The zero-order chi connectivity index (χ0) is 14.2. The molecule has 1 heterocycles. The fourth-order valence-corrected chi connectivity index (χ4v) is 2.29. The number of benzodiazepines with no additional fused rings is 1. The minimum absolute atomic E-state index is 0.0210. The summed E-state index contributed by atoms with van der Waals surface area (Å²) in [6, 6.07) is 5.70. The SMILES string of the molecule is CC(=O)CN1C(=O)C(N)N=C(C)c2cccc(C)c21. The molecule has 0 radical (unpaired) electrons. The van der Waals surface area contributed by atoms with E-state index >= 15 is 0 Å². The van der Waals surface area contributed by atoms with Crippen molar-refractivity contribution < 1.29 is 9.59 Å². The van der Waals surface area contributed by atoms with Crippen LogP contribution in [-0.4, -0.2) is 30.1 Å². The molecular weight excluding hydrogens is 242 g/mol. The lowest BCUT2D eigenvalue weighted by atomic mass is 10.0. The lowest BCUT2D eigenvalue weighted by molar-refractivity contribution is -0.122. The molecule has 1 aromatic carbocycles. The molecule has 1 amide bonds. The number of anilines is 1. The van der Waals surface area contributed by atoms with Crippen molar-refractivity contribution in [2.24, 2.45) is 10.7 Å². The molecule has 0 spiro atoms. The van der Waals surface area contributed by atoms with E-state index in [2.05, 4.69) is 4.99 Å². The Bertz CT molecular complexity index is 578. The van der Waals surface area contributed by atoms with E-state index in [1.165, 1.54) is 11.8 Å². The second kappa shape index (κ2) is 4.93. The van der Waals surface area contributed by atoms with Gasteiger partial charge in [-0.1, -0.05) is 18.2 Å². The zero-order valence-corrected chi connectivity index (χ0v) is 11.3. The summed E-state index contributed by atoms with van der Waals surface area (Å²) in [5, 5.41) is 0. The molecule has 1 aliphatic rings. The Balaban J connectivity index is 2.65. The van der Waals surface area contributed by atoms with Crippen LogP contribution in [0.5, 0.6) is 0 Å². The highest BCUT2D eigenvalue weighted by atomic mass is 16.2. The van der Waals surface area contributed by atoms with Gasteiger partial charge in [0.1, 0.15) is 5.78 Å². The van der Waals surface area contributed by atoms with E-state index in [0.29, 0.717) is 5.71 Å². The maximum absolute atomic E-state index is 12.3. The molecule has 0 fully saturated rings. The lowest BCUT2D eigenvalue weighted by Gasteiger charge is -2.24. The highest BCUT2D eigenvalue weighted by Crippen LogP contribution is 2.28. The molecule has 0 bridgehead atoms. The highest BCUT2D eigenvalue weighted by Gasteiger charge is 2.29. The zero-order valence-electron chi connectivity index (χ0n) is 11.3. The van der Waals surface area contributed by atoms with Crippen molar-refractivity contribution in [1.29, 1.82) is 0 Å². The van der Waals surface area contributed by atoms with E-state index in [4.69, 9.17) is 5.73 Å². The van der Waals surface area contributed by atoms with E-state index in [1.54, 1.807) is 0 Å². The quantitative estimate of drug-likeness (QED) is 0.861. The average molecular weight is 259 g/mol. The van der Waals surface area contributed by atoms with Gasteiger partial charge in [0.05, 0.1) is 12.2 Å². The van der Waals surface area contributed by atoms with Crippen LogP contribution in [0.2, 0.25) is 0 Å². The predicted molar refractivity (Wildman–Crippen MR) is 74.4 cm³/mol. The van der Waals surface area contributed by atoms with E-state index in [0.717, 1.165) is 16.8 Å². The van der Waals surface area contributed by atoms with Gasteiger partial charge in [-0.05, 0) is 26.3 Å². The molecule has 1 unspecified atom stereocenters. The van der Waals surface area contributed by atoms with Gasteiger partial charge < -0.3 is 10.6 Å². The summed E-state index contributed by atoms with van der Waals surface area (Å²) in [5.74, 6) is -0.433. The van der Waals surface area contributed by atoms with Gasteiger partial charge >= 0.3 is 0 Å². The summed E-state index contributed by atoms with van der Waals surface area (Å²) in [5.41, 5.74) is 9.00. The van der Waals surface area contributed by atoms with Crippen LogP contribution in [0.3, 0.4) is 0 Å². The highest BCUT2D eigenvalue weighted by molar-refractivity contribution is 6.13. The molecule has 0 saturated heterocycles. The number of aliphatic imine (C=N–C) groups is 1. The summed E-state index contributed by atoms with van der Waals surface area (Å²) >= 11 is 0. The Morgan fingerprint density at radius 3 is 2.74 bits per heavy atom. The van der Waals surface area contributed by atoms with Gasteiger partial charge in [0, 0.05) is 11.3 Å². The number of hydrogen-bond donors (Lipinski definition) is 1. The summed E-state index contributed by atoms with van der Waals surface area (Å²) in [6.45, 7) is 5.20. The fourth-order valence-electron chi connectivity index (χ4n) is 2.29. The van der Waals surface area contributed by atoms with Crippen LogP contribution in [0.4, 0.5) is 5.69 Å². The van der Waals surface area contributed by atoms with Gasteiger partial charge in [-0.3, -0.25) is 14.6 Å². The number of ketones is 1. The van der Waals surface area contributed by atoms with Gasteiger partial charge in [-0.2, -0.15) is 0 Å². The van der Waals surface area contributed by atoms with Crippen molar-refractivity contribution in [3.05, 3.63) is 29.3 Å². The normalized spacial score (nSPS) is 18.7. The molecule has 1 atom stereocenters. The number of carbonyl (C=O) groups excluding carboxylic acids is 2. The molecule has 0 aromatic heterocycles. The summed E-state index contributed by atoms with van der Waals surface area (Å²) in [4.78, 5) is 29.3. The molecule has 0 saturated carbocycles.